The molecule has 0 spiro atoms. The van der Waals surface area contributed by atoms with Crippen LogP contribution in [0.5, 0.6) is 5.75 Å². The minimum absolute atomic E-state index is 0.101. The highest BCUT2D eigenvalue weighted by atomic mass is 35.5. The fourth-order valence-corrected chi connectivity index (χ4v) is 2.78. The molecule has 2 aromatic carbocycles. The Hall–Kier alpha value is -3.06. The first-order valence-corrected chi connectivity index (χ1v) is 9.15. The van der Waals surface area contributed by atoms with Gasteiger partial charge in [-0.25, -0.2) is 0 Å². The van der Waals surface area contributed by atoms with Crippen LogP contribution in [0.25, 0.3) is 0 Å². The highest BCUT2D eigenvalue weighted by Crippen LogP contribution is 2.27. The van der Waals surface area contributed by atoms with E-state index in [1.54, 1.807) is 24.3 Å². The maximum Gasteiger partial charge on any atom is 0.294 e. The molecule has 0 saturated heterocycles. The molecular formula is C17H14ClN3O5S. The highest BCUT2D eigenvalue weighted by Gasteiger charge is 2.13. The molecule has 2 aromatic rings. The Balaban J connectivity index is 2.15. The molecule has 0 aliphatic rings. The second-order valence-corrected chi connectivity index (χ2v) is 6.95. The van der Waals surface area contributed by atoms with E-state index >= 15 is 0 Å². The first-order valence-electron chi connectivity index (χ1n) is 7.34. The summed E-state index contributed by atoms with van der Waals surface area (Å²) in [6.45, 7) is 0. The number of hydrogen-bond acceptors (Lipinski definition) is 6. The molecule has 140 valence electrons. The normalized spacial score (nSPS) is 11.4. The minimum Gasteiger partial charge on any atom is -0.495 e. The van der Waals surface area contributed by atoms with Crippen LogP contribution in [0.15, 0.2) is 59.1 Å². The molecule has 0 atom stereocenters. The summed E-state index contributed by atoms with van der Waals surface area (Å²) >= 11 is 6.00. The van der Waals surface area contributed by atoms with E-state index in [1.807, 2.05) is 0 Å². The van der Waals surface area contributed by atoms with Gasteiger partial charge in [0.05, 0.1) is 17.0 Å². The van der Waals surface area contributed by atoms with E-state index < -0.39 is 16.0 Å². The van der Waals surface area contributed by atoms with Gasteiger partial charge in [0.15, 0.2) is 0 Å². The molecule has 2 rings (SSSR count). The predicted molar refractivity (Wildman–Crippen MR) is 100 cm³/mol. The molecule has 0 radical (unpaired) electrons. The lowest BCUT2D eigenvalue weighted by molar-refractivity contribution is -0.112. The highest BCUT2D eigenvalue weighted by molar-refractivity contribution is 7.85. The van der Waals surface area contributed by atoms with Crippen LogP contribution < -0.4 is 15.4 Å². The topological polar surface area (TPSA) is 129 Å². The van der Waals surface area contributed by atoms with Crippen LogP contribution in [-0.2, 0) is 14.9 Å². The first kappa shape index (κ1) is 20.3. The van der Waals surface area contributed by atoms with Gasteiger partial charge in [-0.05, 0) is 36.4 Å². The molecule has 0 unspecified atom stereocenters. The second-order valence-electron chi connectivity index (χ2n) is 5.12. The summed E-state index contributed by atoms with van der Waals surface area (Å²) in [4.78, 5) is 11.8. The lowest BCUT2D eigenvalue weighted by Gasteiger charge is -2.08. The second kappa shape index (κ2) is 8.55. The van der Waals surface area contributed by atoms with Gasteiger partial charge in [-0.3, -0.25) is 9.35 Å². The van der Waals surface area contributed by atoms with Gasteiger partial charge in [0, 0.05) is 17.6 Å². The van der Waals surface area contributed by atoms with Crippen molar-refractivity contribution in [3.05, 3.63) is 59.3 Å². The Morgan fingerprint density at radius 1 is 1.26 bits per heavy atom. The van der Waals surface area contributed by atoms with E-state index in [1.165, 1.54) is 31.5 Å². The fraction of sp³-hybridized carbons (Fsp3) is 0.0588. The molecule has 10 heteroatoms. The standard InChI is InChI=1S/C17H14ClN3O5S/c1-26-16-6-5-12(8-15(16)18)20-10-11(9-19)17(22)21-13-3-2-4-14(7-13)27(23,24)25/h2-8,10,20H,1H3,(H,21,22)(H,23,24,25)/b11-10-. The third-order valence-corrected chi connectivity index (χ3v) is 4.43. The van der Waals surface area contributed by atoms with Crippen LogP contribution in [0.2, 0.25) is 5.02 Å². The van der Waals surface area contributed by atoms with Gasteiger partial charge in [0.25, 0.3) is 16.0 Å². The van der Waals surface area contributed by atoms with Gasteiger partial charge in [-0.1, -0.05) is 17.7 Å². The van der Waals surface area contributed by atoms with Crippen LogP contribution >= 0.6 is 11.6 Å². The molecule has 27 heavy (non-hydrogen) atoms. The molecule has 0 saturated carbocycles. The minimum atomic E-state index is -4.41. The maximum atomic E-state index is 12.2. The predicted octanol–water partition coefficient (Wildman–Crippen LogP) is 3.05. The largest absolute Gasteiger partial charge is 0.495 e. The van der Waals surface area contributed by atoms with Crippen LogP contribution in [0.3, 0.4) is 0 Å². The Morgan fingerprint density at radius 2 is 2.00 bits per heavy atom. The zero-order valence-electron chi connectivity index (χ0n) is 13.9. The number of carbonyl (C=O) groups is 1. The van der Waals surface area contributed by atoms with Crippen LogP contribution in [0.1, 0.15) is 0 Å². The van der Waals surface area contributed by atoms with Crippen LogP contribution in [0.4, 0.5) is 11.4 Å². The van der Waals surface area contributed by atoms with E-state index in [-0.39, 0.29) is 16.2 Å². The molecule has 3 N–H and O–H groups in total. The van der Waals surface area contributed by atoms with Crippen molar-refractivity contribution in [1.82, 2.24) is 0 Å². The van der Waals surface area contributed by atoms with E-state index in [4.69, 9.17) is 20.9 Å². The number of methoxy groups -OCH3 is 1. The average Bonchev–Trinajstić information content (AvgIpc) is 2.62. The summed E-state index contributed by atoms with van der Waals surface area (Å²) in [6, 6.07) is 11.5. The van der Waals surface area contributed by atoms with E-state index in [9.17, 15) is 18.5 Å². The summed E-state index contributed by atoms with van der Waals surface area (Å²) in [5, 5.41) is 14.7. The number of carbonyl (C=O) groups excluding carboxylic acids is 1. The third-order valence-electron chi connectivity index (χ3n) is 3.29. The number of nitrogens with zero attached hydrogens (tertiary/aromatic N) is 1. The number of nitrogens with one attached hydrogen (secondary N) is 2. The molecule has 0 bridgehead atoms. The van der Waals surface area contributed by atoms with E-state index in [0.717, 1.165) is 6.07 Å². The van der Waals surface area contributed by atoms with E-state index in [0.29, 0.717) is 16.5 Å². The molecular weight excluding hydrogens is 394 g/mol. The molecule has 8 nitrogen and oxygen atoms in total. The zero-order valence-corrected chi connectivity index (χ0v) is 15.5. The van der Waals surface area contributed by atoms with Gasteiger partial charge in [-0.15, -0.1) is 0 Å². The summed E-state index contributed by atoms with van der Waals surface area (Å²) in [6.07, 6.45) is 1.18. The molecule has 0 aliphatic heterocycles. The number of benzene rings is 2. The number of nitriles is 1. The summed E-state index contributed by atoms with van der Waals surface area (Å²) < 4.78 is 36.4. The monoisotopic (exact) mass is 407 g/mol. The molecule has 0 aliphatic carbocycles. The van der Waals surface area contributed by atoms with Crippen molar-refractivity contribution in [2.45, 2.75) is 4.90 Å². The number of hydrogen-bond donors (Lipinski definition) is 3. The van der Waals surface area contributed by atoms with E-state index in [2.05, 4.69) is 10.6 Å². The average molecular weight is 408 g/mol. The molecule has 0 heterocycles. The fourth-order valence-electron chi connectivity index (χ4n) is 1.99. The summed E-state index contributed by atoms with van der Waals surface area (Å²) in [5.41, 5.74) is 0.359. The number of ether oxygens (including phenoxy) is 1. The quantitative estimate of drug-likeness (QED) is 0.381. The first-order chi connectivity index (χ1) is 12.7. The smallest absolute Gasteiger partial charge is 0.294 e. The van der Waals surface area contributed by atoms with Crippen molar-refractivity contribution in [2.75, 3.05) is 17.7 Å². The Kier molecular flexibility index (Phi) is 6.41. The van der Waals surface area contributed by atoms with Gasteiger partial charge >= 0.3 is 0 Å². The number of anilines is 2. The lowest BCUT2D eigenvalue weighted by atomic mass is 10.2. The van der Waals surface area contributed by atoms with Gasteiger partial charge in [0.1, 0.15) is 17.4 Å². The van der Waals surface area contributed by atoms with Gasteiger partial charge in [0.2, 0.25) is 0 Å². The molecule has 1 amide bonds. The van der Waals surface area contributed by atoms with Crippen molar-refractivity contribution in [2.24, 2.45) is 0 Å². The van der Waals surface area contributed by atoms with Crippen molar-refractivity contribution in [3.8, 4) is 11.8 Å². The van der Waals surface area contributed by atoms with Crippen molar-refractivity contribution < 1.29 is 22.5 Å². The van der Waals surface area contributed by atoms with Crippen molar-refractivity contribution in [1.29, 1.82) is 5.26 Å². The lowest BCUT2D eigenvalue weighted by Crippen LogP contribution is -2.15. The summed E-state index contributed by atoms with van der Waals surface area (Å²) in [7, 11) is -2.93. The van der Waals surface area contributed by atoms with Crippen molar-refractivity contribution in [3.63, 3.8) is 0 Å². The SMILES string of the molecule is COc1ccc(N/C=C(/C#N)C(=O)Nc2cccc(S(=O)(=O)O)c2)cc1Cl. The van der Waals surface area contributed by atoms with Gasteiger partial charge < -0.3 is 15.4 Å². The maximum absolute atomic E-state index is 12.2. The summed E-state index contributed by atoms with van der Waals surface area (Å²) in [5.74, 6) is -0.291. The van der Waals surface area contributed by atoms with Gasteiger partial charge in [-0.2, -0.15) is 13.7 Å². The third kappa shape index (κ3) is 5.46. The van der Waals surface area contributed by atoms with Crippen LogP contribution in [-0.4, -0.2) is 26.0 Å². The Morgan fingerprint density at radius 3 is 2.59 bits per heavy atom. The zero-order chi connectivity index (χ0) is 20.0. The Labute approximate surface area is 160 Å². The molecule has 0 aromatic heterocycles. The Bertz CT molecular complexity index is 1040. The number of amides is 1. The number of halogens is 1. The van der Waals surface area contributed by atoms with Crippen LogP contribution in [0, 0.1) is 11.3 Å². The van der Waals surface area contributed by atoms with Crippen molar-refractivity contribution >= 4 is 39.0 Å². The number of rotatable bonds is 6. The molecule has 0 fully saturated rings.